The fourth-order valence-electron chi connectivity index (χ4n) is 4.55. The highest BCUT2D eigenvalue weighted by Gasteiger charge is 2.55. The number of benzene rings is 2. The molecule has 118 valence electrons. The largest absolute Gasteiger partial charge is 0.331 e. The van der Waals surface area contributed by atoms with E-state index in [1.165, 1.54) is 16.7 Å². The highest BCUT2D eigenvalue weighted by molar-refractivity contribution is 6.79. The van der Waals surface area contributed by atoms with Gasteiger partial charge in [-0.05, 0) is 35.6 Å². The molecule has 0 saturated carbocycles. The zero-order valence-electron chi connectivity index (χ0n) is 14.1. The first-order valence-electron chi connectivity index (χ1n) is 8.43. The Hall–Kier alpha value is -1.87. The summed E-state index contributed by atoms with van der Waals surface area (Å²) in [5.74, 6) is 0.226. The molecule has 1 atom stereocenters. The van der Waals surface area contributed by atoms with E-state index in [9.17, 15) is 4.79 Å². The summed E-state index contributed by atoms with van der Waals surface area (Å²) >= 11 is 0. The van der Waals surface area contributed by atoms with Gasteiger partial charge in [0.05, 0.1) is 13.2 Å². The van der Waals surface area contributed by atoms with E-state index in [1.54, 1.807) is 0 Å². The Morgan fingerprint density at radius 2 is 1.61 bits per heavy atom. The quantitative estimate of drug-likeness (QED) is 0.727. The fourth-order valence-corrected chi connectivity index (χ4v) is 7.35. The number of rotatable bonds is 1. The second-order valence-electron chi connectivity index (χ2n) is 7.81. The van der Waals surface area contributed by atoms with E-state index in [0.717, 1.165) is 24.9 Å². The van der Waals surface area contributed by atoms with Crippen molar-refractivity contribution in [3.05, 3.63) is 70.8 Å². The third kappa shape index (κ3) is 1.89. The lowest BCUT2D eigenvalue weighted by atomic mass is 9.83. The maximum atomic E-state index is 13.3. The first-order valence-corrected chi connectivity index (χ1v) is 11.9. The second kappa shape index (κ2) is 4.81. The van der Waals surface area contributed by atoms with Gasteiger partial charge < -0.3 is 4.90 Å². The van der Waals surface area contributed by atoms with Crippen LogP contribution in [0.3, 0.4) is 0 Å². The lowest BCUT2D eigenvalue weighted by Gasteiger charge is -2.57. The molecule has 2 heterocycles. The molecule has 0 bridgehead atoms. The van der Waals surface area contributed by atoms with Crippen LogP contribution in [-0.4, -0.2) is 25.4 Å². The molecule has 3 heteroatoms. The van der Waals surface area contributed by atoms with Gasteiger partial charge in [-0.3, -0.25) is 4.79 Å². The fraction of sp³-hybridized carbons (Fsp3) is 0.350. The number of amides is 1. The Morgan fingerprint density at radius 1 is 0.957 bits per heavy atom. The van der Waals surface area contributed by atoms with E-state index >= 15 is 0 Å². The molecular formula is C20H23NOSi. The smallest absolute Gasteiger partial charge is 0.254 e. The van der Waals surface area contributed by atoms with Crippen molar-refractivity contribution in [2.75, 3.05) is 6.54 Å². The Labute approximate surface area is 139 Å². The number of fused-ring (bicyclic) bond motifs is 4. The van der Waals surface area contributed by atoms with Crippen LogP contribution in [0.15, 0.2) is 48.5 Å². The summed E-state index contributed by atoms with van der Waals surface area (Å²) in [5, 5.41) is -0.118. The third-order valence-corrected chi connectivity index (χ3v) is 8.91. The van der Waals surface area contributed by atoms with Crippen molar-refractivity contribution < 1.29 is 4.79 Å². The van der Waals surface area contributed by atoms with E-state index in [1.807, 2.05) is 12.1 Å². The molecule has 2 nitrogen and oxygen atoms in total. The van der Waals surface area contributed by atoms with Gasteiger partial charge >= 0.3 is 0 Å². The summed E-state index contributed by atoms with van der Waals surface area (Å²) in [6.45, 7) is 8.06. The number of nitrogens with zero attached hydrogens (tertiary/aromatic N) is 1. The summed E-state index contributed by atoms with van der Waals surface area (Å²) in [4.78, 5) is 15.5. The van der Waals surface area contributed by atoms with Gasteiger partial charge in [-0.1, -0.05) is 62.1 Å². The van der Waals surface area contributed by atoms with Crippen molar-refractivity contribution in [3.8, 4) is 0 Å². The predicted molar refractivity (Wildman–Crippen MR) is 96.4 cm³/mol. The predicted octanol–water partition coefficient (Wildman–Crippen LogP) is 4.01. The van der Waals surface area contributed by atoms with Crippen LogP contribution in [0, 0.1) is 0 Å². The molecule has 0 N–H and O–H groups in total. The van der Waals surface area contributed by atoms with Crippen molar-refractivity contribution in [1.82, 2.24) is 4.90 Å². The van der Waals surface area contributed by atoms with Crippen LogP contribution in [-0.2, 0) is 18.0 Å². The van der Waals surface area contributed by atoms with Gasteiger partial charge in [0.2, 0.25) is 0 Å². The SMILES string of the molecule is C[Si](C)(C)C12Cc3ccccc3C(=O)N1CCc1ccccc12. The average molecular weight is 321 g/mol. The van der Waals surface area contributed by atoms with Crippen LogP contribution in [0.5, 0.6) is 0 Å². The normalized spacial score (nSPS) is 23.1. The number of hydrogen-bond acceptors (Lipinski definition) is 1. The zero-order chi connectivity index (χ0) is 16.2. The lowest BCUT2D eigenvalue weighted by Crippen LogP contribution is -2.68. The molecule has 0 radical (unpaired) electrons. The van der Waals surface area contributed by atoms with Gasteiger partial charge in [-0.2, -0.15) is 0 Å². The van der Waals surface area contributed by atoms with Gasteiger partial charge in [-0.25, -0.2) is 0 Å². The van der Waals surface area contributed by atoms with Crippen LogP contribution in [0.25, 0.3) is 0 Å². The summed E-state index contributed by atoms with van der Waals surface area (Å²) < 4.78 is 0. The summed E-state index contributed by atoms with van der Waals surface area (Å²) in [6, 6.07) is 17.0. The monoisotopic (exact) mass is 321 g/mol. The van der Waals surface area contributed by atoms with E-state index in [0.29, 0.717) is 0 Å². The Morgan fingerprint density at radius 3 is 2.35 bits per heavy atom. The van der Waals surface area contributed by atoms with Crippen LogP contribution in [0.2, 0.25) is 19.6 Å². The first-order chi connectivity index (χ1) is 10.9. The molecule has 1 unspecified atom stereocenters. The molecule has 2 aliphatic heterocycles. The Kier molecular flexibility index (Phi) is 3.07. The van der Waals surface area contributed by atoms with Crippen molar-refractivity contribution in [1.29, 1.82) is 0 Å². The Bertz CT molecular complexity index is 792. The molecule has 2 aromatic rings. The first kappa shape index (κ1) is 14.7. The molecular weight excluding hydrogens is 298 g/mol. The second-order valence-corrected chi connectivity index (χ2v) is 13.1. The minimum absolute atomic E-state index is 0.118. The van der Waals surface area contributed by atoms with Gasteiger partial charge in [0.15, 0.2) is 0 Å². The van der Waals surface area contributed by atoms with Crippen LogP contribution in [0.4, 0.5) is 0 Å². The van der Waals surface area contributed by atoms with E-state index < -0.39 is 8.07 Å². The average Bonchev–Trinajstić information content (AvgIpc) is 2.54. The number of carbonyl (C=O) groups is 1. The Balaban J connectivity index is 2.02. The molecule has 0 aromatic heterocycles. The summed E-state index contributed by atoms with van der Waals surface area (Å²) in [6.07, 6.45) is 1.93. The highest BCUT2D eigenvalue weighted by Crippen LogP contribution is 2.48. The molecule has 0 fully saturated rings. The zero-order valence-corrected chi connectivity index (χ0v) is 15.1. The molecule has 1 amide bonds. The lowest BCUT2D eigenvalue weighted by molar-refractivity contribution is 0.0542. The standard InChI is InChI=1S/C20H23NOSi/c1-23(2,3)20-14-16-9-4-6-10-17(16)19(22)21(20)13-12-15-8-5-7-11-18(15)20/h4-11H,12-14H2,1-3H3. The van der Waals surface area contributed by atoms with Crippen molar-refractivity contribution in [2.24, 2.45) is 0 Å². The topological polar surface area (TPSA) is 20.3 Å². The molecule has 0 aliphatic carbocycles. The van der Waals surface area contributed by atoms with Crippen molar-refractivity contribution in [2.45, 2.75) is 37.6 Å². The number of hydrogen-bond donors (Lipinski definition) is 0. The van der Waals surface area contributed by atoms with Gasteiger partial charge in [0.1, 0.15) is 0 Å². The molecule has 2 aromatic carbocycles. The minimum Gasteiger partial charge on any atom is -0.331 e. The molecule has 0 saturated heterocycles. The van der Waals surface area contributed by atoms with E-state index in [-0.39, 0.29) is 11.1 Å². The molecule has 2 aliphatic rings. The third-order valence-electron chi connectivity index (χ3n) is 5.71. The maximum Gasteiger partial charge on any atom is 0.254 e. The highest BCUT2D eigenvalue weighted by atomic mass is 28.3. The van der Waals surface area contributed by atoms with E-state index in [4.69, 9.17) is 0 Å². The van der Waals surface area contributed by atoms with E-state index in [2.05, 4.69) is 60.9 Å². The van der Waals surface area contributed by atoms with Crippen LogP contribution < -0.4 is 0 Å². The van der Waals surface area contributed by atoms with Gasteiger partial charge in [0.25, 0.3) is 5.91 Å². The molecule has 0 spiro atoms. The summed E-state index contributed by atoms with van der Waals surface area (Å²) in [7, 11) is -1.70. The van der Waals surface area contributed by atoms with Crippen LogP contribution in [0.1, 0.15) is 27.0 Å². The van der Waals surface area contributed by atoms with Gasteiger partial charge in [0, 0.05) is 12.1 Å². The maximum absolute atomic E-state index is 13.3. The van der Waals surface area contributed by atoms with Crippen LogP contribution >= 0.6 is 0 Å². The van der Waals surface area contributed by atoms with Gasteiger partial charge in [-0.15, -0.1) is 0 Å². The summed E-state index contributed by atoms with van der Waals surface area (Å²) in [5.41, 5.74) is 4.94. The van der Waals surface area contributed by atoms with Crippen molar-refractivity contribution >= 4 is 14.0 Å². The number of carbonyl (C=O) groups excluding carboxylic acids is 1. The molecule has 4 rings (SSSR count). The van der Waals surface area contributed by atoms with Crippen molar-refractivity contribution in [3.63, 3.8) is 0 Å². The minimum atomic E-state index is -1.70. The molecule has 23 heavy (non-hydrogen) atoms.